The van der Waals surface area contributed by atoms with Crippen LogP contribution in [0.3, 0.4) is 0 Å². The molecule has 0 fully saturated rings. The highest BCUT2D eigenvalue weighted by molar-refractivity contribution is 5.65. The molecule has 0 atom stereocenters. The topological polar surface area (TPSA) is 163 Å². The Balaban J connectivity index is 0.000000289. The first kappa shape index (κ1) is 20.9. The SMILES string of the molecule is C=CC=C(C)c1cccnc1.O=[N+]([O-])c1cc([N+](=O)[O-])c(O)c([N+](=O)[O-])c1. The van der Waals surface area contributed by atoms with Gasteiger partial charge in [0.05, 0.1) is 26.9 Å². The normalized spacial score (nSPS) is 10.3. The molecule has 11 nitrogen and oxygen atoms in total. The number of aromatic nitrogens is 1. The quantitative estimate of drug-likeness (QED) is 0.469. The van der Waals surface area contributed by atoms with Crippen LogP contribution in [0, 0.1) is 30.3 Å². The van der Waals surface area contributed by atoms with Gasteiger partial charge in [-0.3, -0.25) is 35.3 Å². The summed E-state index contributed by atoms with van der Waals surface area (Å²) in [5, 5.41) is 40.2. The van der Waals surface area contributed by atoms with E-state index in [4.69, 9.17) is 5.11 Å². The highest BCUT2D eigenvalue weighted by Crippen LogP contribution is 2.38. The highest BCUT2D eigenvalue weighted by Gasteiger charge is 2.30. The van der Waals surface area contributed by atoms with Crippen molar-refractivity contribution in [3.63, 3.8) is 0 Å². The van der Waals surface area contributed by atoms with E-state index >= 15 is 0 Å². The number of aromatic hydroxyl groups is 1. The van der Waals surface area contributed by atoms with Crippen LogP contribution in [0.2, 0.25) is 0 Å². The fourth-order valence-corrected chi connectivity index (χ4v) is 1.84. The molecule has 0 spiro atoms. The fraction of sp³-hybridized carbons (Fsp3) is 0.0625. The number of nitrogens with zero attached hydrogens (tertiary/aromatic N) is 4. The van der Waals surface area contributed by atoms with Crippen LogP contribution >= 0.6 is 0 Å². The van der Waals surface area contributed by atoms with Crippen molar-refractivity contribution in [1.82, 2.24) is 4.98 Å². The zero-order valence-corrected chi connectivity index (χ0v) is 14.0. The minimum absolute atomic E-state index is 0.447. The molecule has 0 saturated heterocycles. The van der Waals surface area contributed by atoms with Gasteiger partial charge in [0.25, 0.3) is 11.4 Å². The van der Waals surface area contributed by atoms with Crippen LogP contribution in [0.25, 0.3) is 5.57 Å². The third-order valence-electron chi connectivity index (χ3n) is 3.14. The Morgan fingerprint density at radius 2 is 1.67 bits per heavy atom. The second-order valence-corrected chi connectivity index (χ2v) is 4.93. The minimum atomic E-state index is -1.21. The van der Waals surface area contributed by atoms with Crippen molar-refractivity contribution < 1.29 is 19.9 Å². The van der Waals surface area contributed by atoms with Crippen molar-refractivity contribution >= 4 is 22.6 Å². The molecule has 0 bridgehead atoms. The number of benzene rings is 1. The van der Waals surface area contributed by atoms with E-state index in [1.807, 2.05) is 31.3 Å². The van der Waals surface area contributed by atoms with Crippen molar-refractivity contribution in [3.8, 4) is 5.75 Å². The van der Waals surface area contributed by atoms with Crippen molar-refractivity contribution in [3.05, 3.63) is 91.3 Å². The molecule has 0 aliphatic heterocycles. The number of nitro groups is 3. The molecule has 140 valence electrons. The number of nitro benzene ring substituents is 3. The molecular formula is C16H14N4O7. The van der Waals surface area contributed by atoms with Crippen LogP contribution in [-0.4, -0.2) is 24.9 Å². The van der Waals surface area contributed by atoms with Gasteiger partial charge >= 0.3 is 11.4 Å². The molecule has 11 heteroatoms. The summed E-state index contributed by atoms with van der Waals surface area (Å²) >= 11 is 0. The maximum absolute atomic E-state index is 10.4. The summed E-state index contributed by atoms with van der Waals surface area (Å²) in [6, 6.07) is 4.85. The molecule has 1 aromatic heterocycles. The second-order valence-electron chi connectivity index (χ2n) is 4.93. The van der Waals surface area contributed by atoms with E-state index in [9.17, 15) is 30.3 Å². The first-order valence-corrected chi connectivity index (χ1v) is 7.19. The molecule has 2 rings (SSSR count). The number of phenolic OH excluding ortho intramolecular Hbond substituents is 1. The maximum Gasteiger partial charge on any atom is 0.324 e. The molecule has 1 N–H and O–H groups in total. The zero-order chi connectivity index (χ0) is 20.6. The summed E-state index contributed by atoms with van der Waals surface area (Å²) in [4.78, 5) is 31.8. The number of hydrogen-bond acceptors (Lipinski definition) is 8. The number of phenols is 1. The highest BCUT2D eigenvalue weighted by atomic mass is 16.6. The standard InChI is InChI=1S/C10H11N.C6H3N3O7/c1-3-5-9(2)10-6-4-7-11-8-10;10-6-4(8(13)14)1-3(7(11)12)2-5(6)9(15)16/h3-8H,1H2,2H3;1-2,10H. The smallest absolute Gasteiger partial charge is 0.324 e. The van der Waals surface area contributed by atoms with E-state index in [1.54, 1.807) is 12.3 Å². The molecular weight excluding hydrogens is 360 g/mol. The van der Waals surface area contributed by atoms with Crippen LogP contribution in [0.5, 0.6) is 5.75 Å². The van der Waals surface area contributed by atoms with Gasteiger partial charge in [-0.15, -0.1) is 0 Å². The third kappa shape index (κ3) is 5.70. The first-order valence-electron chi connectivity index (χ1n) is 7.19. The summed E-state index contributed by atoms with van der Waals surface area (Å²) < 4.78 is 0. The van der Waals surface area contributed by atoms with Gasteiger partial charge in [-0.1, -0.05) is 24.8 Å². The number of non-ortho nitro benzene ring substituents is 1. The van der Waals surface area contributed by atoms with Gasteiger partial charge in [0.1, 0.15) is 0 Å². The Labute approximate surface area is 152 Å². The van der Waals surface area contributed by atoms with Crippen LogP contribution in [-0.2, 0) is 0 Å². The monoisotopic (exact) mass is 374 g/mol. The van der Waals surface area contributed by atoms with Crippen LogP contribution < -0.4 is 0 Å². The lowest BCUT2D eigenvalue weighted by atomic mass is 10.1. The third-order valence-corrected chi connectivity index (χ3v) is 3.14. The van der Waals surface area contributed by atoms with Gasteiger partial charge in [0.2, 0.25) is 0 Å². The Kier molecular flexibility index (Phi) is 7.25. The van der Waals surface area contributed by atoms with Crippen molar-refractivity contribution in [2.75, 3.05) is 0 Å². The predicted molar refractivity (Wildman–Crippen MR) is 96.2 cm³/mol. The van der Waals surface area contributed by atoms with E-state index in [-0.39, 0.29) is 0 Å². The molecule has 0 amide bonds. The molecule has 27 heavy (non-hydrogen) atoms. The summed E-state index contributed by atoms with van der Waals surface area (Å²) in [6.45, 7) is 5.67. The van der Waals surface area contributed by atoms with Gasteiger partial charge in [-0.2, -0.15) is 0 Å². The number of pyridine rings is 1. The van der Waals surface area contributed by atoms with Gasteiger partial charge < -0.3 is 5.11 Å². The summed E-state index contributed by atoms with van der Waals surface area (Å²) in [5.74, 6) is -1.21. The van der Waals surface area contributed by atoms with Gasteiger partial charge in [0.15, 0.2) is 0 Å². The lowest BCUT2D eigenvalue weighted by Gasteiger charge is -1.97. The van der Waals surface area contributed by atoms with E-state index in [2.05, 4.69) is 11.6 Å². The van der Waals surface area contributed by atoms with Gasteiger partial charge in [0, 0.05) is 12.4 Å². The molecule has 0 unspecified atom stereocenters. The molecule has 0 aliphatic carbocycles. The first-order chi connectivity index (χ1) is 12.7. The van der Waals surface area contributed by atoms with E-state index in [0.717, 1.165) is 5.56 Å². The van der Waals surface area contributed by atoms with Crippen molar-refractivity contribution in [1.29, 1.82) is 0 Å². The Morgan fingerprint density at radius 1 is 1.11 bits per heavy atom. The lowest BCUT2D eigenvalue weighted by Crippen LogP contribution is -1.97. The van der Waals surface area contributed by atoms with Crippen LogP contribution in [0.4, 0.5) is 17.1 Å². The summed E-state index contributed by atoms with van der Waals surface area (Å²) in [6.07, 6.45) is 7.36. The molecule has 2 aromatic rings. The summed E-state index contributed by atoms with van der Waals surface area (Å²) in [7, 11) is 0. The molecule has 1 aromatic carbocycles. The average Bonchev–Trinajstić information content (AvgIpc) is 2.62. The van der Waals surface area contributed by atoms with Crippen LogP contribution in [0.15, 0.2) is 55.4 Å². The Morgan fingerprint density at radius 3 is 2.04 bits per heavy atom. The zero-order valence-electron chi connectivity index (χ0n) is 14.0. The van der Waals surface area contributed by atoms with Crippen molar-refractivity contribution in [2.45, 2.75) is 6.92 Å². The molecule has 1 heterocycles. The average molecular weight is 374 g/mol. The van der Waals surface area contributed by atoms with E-state index in [0.29, 0.717) is 12.1 Å². The predicted octanol–water partition coefficient (Wildman–Crippen LogP) is 3.79. The van der Waals surface area contributed by atoms with Crippen molar-refractivity contribution in [2.24, 2.45) is 0 Å². The maximum atomic E-state index is 10.4. The van der Waals surface area contributed by atoms with E-state index in [1.165, 1.54) is 5.57 Å². The van der Waals surface area contributed by atoms with E-state index < -0.39 is 37.6 Å². The van der Waals surface area contributed by atoms with Gasteiger partial charge in [-0.05, 0) is 24.1 Å². The number of rotatable bonds is 5. The number of hydrogen-bond donors (Lipinski definition) is 1. The second kappa shape index (κ2) is 9.36. The Hall–Kier alpha value is -4.15. The molecule has 0 aliphatic rings. The van der Waals surface area contributed by atoms with Gasteiger partial charge in [-0.25, -0.2) is 0 Å². The molecule has 0 saturated carbocycles. The van der Waals surface area contributed by atoms with Crippen LogP contribution in [0.1, 0.15) is 12.5 Å². The lowest BCUT2D eigenvalue weighted by molar-refractivity contribution is -0.404. The largest absolute Gasteiger partial charge is 0.497 e. The summed E-state index contributed by atoms with van der Waals surface area (Å²) in [5.41, 5.74) is -0.668. The minimum Gasteiger partial charge on any atom is -0.497 e. The molecule has 0 radical (unpaired) electrons. The fourth-order valence-electron chi connectivity index (χ4n) is 1.84. The Bertz CT molecular complexity index is 875. The number of allylic oxidation sites excluding steroid dienone is 3.